The van der Waals surface area contributed by atoms with Gasteiger partial charge in [0.05, 0.1) is 11.6 Å². The number of aryl methyl sites for hydroxylation is 1. The molecule has 0 radical (unpaired) electrons. The van der Waals surface area contributed by atoms with Gasteiger partial charge in [0.1, 0.15) is 18.2 Å². The number of fused-ring (bicyclic) bond motifs is 1. The van der Waals surface area contributed by atoms with E-state index in [0.717, 1.165) is 29.9 Å². The molecule has 3 rings (SSSR count). The van der Waals surface area contributed by atoms with Gasteiger partial charge in [-0.2, -0.15) is 5.10 Å². The van der Waals surface area contributed by atoms with E-state index >= 15 is 0 Å². The van der Waals surface area contributed by atoms with Crippen LogP contribution in [0.4, 0.5) is 5.82 Å². The van der Waals surface area contributed by atoms with Crippen molar-refractivity contribution in [2.45, 2.75) is 26.4 Å². The average Bonchev–Trinajstić information content (AvgIpc) is 3.00. The van der Waals surface area contributed by atoms with Gasteiger partial charge in [-0.3, -0.25) is 9.48 Å². The van der Waals surface area contributed by atoms with Crippen LogP contribution in [0.2, 0.25) is 0 Å². The van der Waals surface area contributed by atoms with Gasteiger partial charge in [-0.25, -0.2) is 9.97 Å². The van der Waals surface area contributed by atoms with Crippen molar-refractivity contribution in [2.24, 2.45) is 7.05 Å². The van der Waals surface area contributed by atoms with E-state index in [0.29, 0.717) is 26.1 Å². The van der Waals surface area contributed by atoms with Crippen molar-refractivity contribution >= 4 is 22.8 Å². The van der Waals surface area contributed by atoms with Gasteiger partial charge in [0.2, 0.25) is 0 Å². The highest BCUT2D eigenvalue weighted by Gasteiger charge is 2.28. The summed E-state index contributed by atoms with van der Waals surface area (Å²) < 4.78 is 7.29. The van der Waals surface area contributed by atoms with Crippen LogP contribution in [-0.4, -0.2) is 69.4 Å². The Morgan fingerprint density at radius 2 is 2.00 bits per heavy atom. The number of ether oxygens (including phenoxy) is 1. The molecule has 0 aromatic carbocycles. The van der Waals surface area contributed by atoms with Gasteiger partial charge in [-0.1, -0.05) is 6.92 Å². The predicted octanol–water partition coefficient (Wildman–Crippen LogP) is 0.827. The highest BCUT2D eigenvalue weighted by molar-refractivity contribution is 5.87. The molecule has 0 bridgehead atoms. The summed E-state index contributed by atoms with van der Waals surface area (Å²) in [6, 6.07) is 0. The first kappa shape index (κ1) is 16.6. The monoisotopic (exact) mass is 332 g/mol. The molecule has 0 N–H and O–H groups in total. The molecule has 1 fully saturated rings. The van der Waals surface area contributed by atoms with Crippen molar-refractivity contribution in [1.29, 1.82) is 0 Å². The van der Waals surface area contributed by atoms with Crippen LogP contribution >= 0.6 is 0 Å². The van der Waals surface area contributed by atoms with Crippen LogP contribution in [0, 0.1) is 0 Å². The topological polar surface area (TPSA) is 76.4 Å². The van der Waals surface area contributed by atoms with Crippen molar-refractivity contribution in [3.63, 3.8) is 0 Å². The Balaban J connectivity index is 1.69. The summed E-state index contributed by atoms with van der Waals surface area (Å²) in [7, 11) is 1.87. The Morgan fingerprint density at radius 1 is 1.25 bits per heavy atom. The van der Waals surface area contributed by atoms with Gasteiger partial charge in [-0.15, -0.1) is 0 Å². The first-order valence-corrected chi connectivity index (χ1v) is 8.43. The lowest BCUT2D eigenvalue weighted by Crippen LogP contribution is -2.52. The molecule has 0 spiro atoms. The van der Waals surface area contributed by atoms with E-state index in [-0.39, 0.29) is 12.0 Å². The van der Waals surface area contributed by atoms with E-state index in [1.54, 1.807) is 17.2 Å². The maximum atomic E-state index is 12.5. The van der Waals surface area contributed by atoms with Gasteiger partial charge in [0, 0.05) is 39.8 Å². The van der Waals surface area contributed by atoms with E-state index in [9.17, 15) is 4.79 Å². The Morgan fingerprint density at radius 3 is 2.67 bits per heavy atom. The summed E-state index contributed by atoms with van der Waals surface area (Å²) >= 11 is 0. The minimum absolute atomic E-state index is 0.0909. The Bertz CT molecular complexity index is 708. The molecule has 2 aromatic heterocycles. The number of anilines is 1. The van der Waals surface area contributed by atoms with Crippen LogP contribution in [0.15, 0.2) is 12.5 Å². The fraction of sp³-hybridized carbons (Fsp3) is 0.625. The summed E-state index contributed by atoms with van der Waals surface area (Å²) in [5.41, 5.74) is 0.820. The molecule has 130 valence electrons. The fourth-order valence-corrected chi connectivity index (χ4v) is 3.11. The molecule has 8 heteroatoms. The third-order valence-corrected chi connectivity index (χ3v) is 4.41. The van der Waals surface area contributed by atoms with Crippen LogP contribution in [0.1, 0.15) is 20.3 Å². The van der Waals surface area contributed by atoms with Crippen LogP contribution < -0.4 is 4.90 Å². The number of rotatable bonds is 5. The van der Waals surface area contributed by atoms with E-state index in [4.69, 9.17) is 4.74 Å². The van der Waals surface area contributed by atoms with Gasteiger partial charge in [0.25, 0.3) is 5.91 Å². The second kappa shape index (κ2) is 7.12. The zero-order chi connectivity index (χ0) is 17.1. The minimum Gasteiger partial charge on any atom is -0.369 e. The number of amides is 1. The highest BCUT2D eigenvalue weighted by Crippen LogP contribution is 2.23. The zero-order valence-corrected chi connectivity index (χ0v) is 14.5. The normalized spacial score (nSPS) is 16.6. The average molecular weight is 332 g/mol. The second-order valence-electron chi connectivity index (χ2n) is 5.87. The van der Waals surface area contributed by atoms with Crippen LogP contribution in [0.5, 0.6) is 0 Å². The standard InChI is InChI=1S/C16H24N6O2/c1-4-13(24-5-2)16(23)22-8-6-21(7-9-22)15-12-10-19-20(3)14(12)17-11-18-15/h10-11,13H,4-9H2,1-3H3/t13-/m0/s1. The molecular weight excluding hydrogens is 308 g/mol. The molecule has 1 aliphatic heterocycles. The van der Waals surface area contributed by atoms with Gasteiger partial charge < -0.3 is 14.5 Å². The molecule has 1 atom stereocenters. The predicted molar refractivity (Wildman–Crippen MR) is 90.8 cm³/mol. The molecular formula is C16H24N6O2. The maximum Gasteiger partial charge on any atom is 0.251 e. The van der Waals surface area contributed by atoms with Crippen LogP contribution in [-0.2, 0) is 16.6 Å². The van der Waals surface area contributed by atoms with E-state index in [1.165, 1.54) is 0 Å². The molecule has 1 aliphatic rings. The Labute approximate surface area is 141 Å². The van der Waals surface area contributed by atoms with Gasteiger partial charge in [0.15, 0.2) is 5.65 Å². The first-order valence-electron chi connectivity index (χ1n) is 8.43. The number of aromatic nitrogens is 4. The smallest absolute Gasteiger partial charge is 0.251 e. The number of nitrogens with zero attached hydrogens (tertiary/aromatic N) is 6. The number of hydrogen-bond acceptors (Lipinski definition) is 6. The van der Waals surface area contributed by atoms with E-state index in [1.807, 2.05) is 25.8 Å². The minimum atomic E-state index is -0.328. The van der Waals surface area contributed by atoms with Crippen molar-refractivity contribution in [3.8, 4) is 0 Å². The molecule has 0 aliphatic carbocycles. The van der Waals surface area contributed by atoms with Gasteiger partial charge in [-0.05, 0) is 13.3 Å². The molecule has 0 unspecified atom stereocenters. The molecule has 3 heterocycles. The third kappa shape index (κ3) is 3.06. The largest absolute Gasteiger partial charge is 0.369 e. The molecule has 0 saturated carbocycles. The lowest BCUT2D eigenvalue weighted by atomic mass is 10.2. The molecule has 2 aromatic rings. The van der Waals surface area contributed by atoms with Crippen molar-refractivity contribution in [2.75, 3.05) is 37.7 Å². The SMILES string of the molecule is CCO[C@@H](CC)C(=O)N1CCN(c2ncnc3c2cnn3C)CC1. The summed E-state index contributed by atoms with van der Waals surface area (Å²) in [5.74, 6) is 0.977. The van der Waals surface area contributed by atoms with Crippen LogP contribution in [0.25, 0.3) is 11.0 Å². The molecule has 1 amide bonds. The lowest BCUT2D eigenvalue weighted by Gasteiger charge is -2.36. The summed E-state index contributed by atoms with van der Waals surface area (Å²) in [4.78, 5) is 25.3. The molecule has 1 saturated heterocycles. The summed E-state index contributed by atoms with van der Waals surface area (Å²) in [6.45, 7) is 7.30. The third-order valence-electron chi connectivity index (χ3n) is 4.41. The van der Waals surface area contributed by atoms with E-state index in [2.05, 4.69) is 20.0 Å². The van der Waals surface area contributed by atoms with Crippen molar-refractivity contribution in [1.82, 2.24) is 24.6 Å². The Kier molecular flexibility index (Phi) is 4.94. The van der Waals surface area contributed by atoms with Crippen molar-refractivity contribution < 1.29 is 9.53 Å². The van der Waals surface area contributed by atoms with Gasteiger partial charge >= 0.3 is 0 Å². The lowest BCUT2D eigenvalue weighted by molar-refractivity contribution is -0.144. The number of piperazine rings is 1. The maximum absolute atomic E-state index is 12.5. The fourth-order valence-electron chi connectivity index (χ4n) is 3.11. The van der Waals surface area contributed by atoms with Crippen molar-refractivity contribution in [3.05, 3.63) is 12.5 Å². The Hall–Kier alpha value is -2.22. The molecule has 24 heavy (non-hydrogen) atoms. The molecule has 8 nitrogen and oxygen atoms in total. The summed E-state index contributed by atoms with van der Waals surface area (Å²) in [5, 5.41) is 5.20. The quantitative estimate of drug-likeness (QED) is 0.807. The second-order valence-corrected chi connectivity index (χ2v) is 5.87. The highest BCUT2D eigenvalue weighted by atomic mass is 16.5. The first-order chi connectivity index (χ1) is 11.7. The zero-order valence-electron chi connectivity index (χ0n) is 14.5. The number of carbonyl (C=O) groups excluding carboxylic acids is 1. The summed E-state index contributed by atoms with van der Waals surface area (Å²) in [6.07, 6.45) is 3.74. The van der Waals surface area contributed by atoms with E-state index < -0.39 is 0 Å². The number of hydrogen-bond donors (Lipinski definition) is 0. The van der Waals surface area contributed by atoms with Crippen LogP contribution in [0.3, 0.4) is 0 Å². The number of carbonyl (C=O) groups is 1.